The predicted octanol–water partition coefficient (Wildman–Crippen LogP) is 1.98. The van der Waals surface area contributed by atoms with Crippen LogP contribution in [0, 0.1) is 5.82 Å². The Morgan fingerprint density at radius 1 is 1.28 bits per heavy atom. The Bertz CT molecular complexity index is 1190. The maximum atomic E-state index is 14.2. The fraction of sp³-hybridized carbons (Fsp3) is 0.222. The van der Waals surface area contributed by atoms with Gasteiger partial charge in [0.05, 0.1) is 12.2 Å². The Morgan fingerprint density at radius 3 is 2.90 bits per heavy atom. The van der Waals surface area contributed by atoms with Crippen LogP contribution in [0.1, 0.15) is 24.6 Å². The minimum absolute atomic E-state index is 0.146. The molecule has 0 aliphatic heterocycles. The number of amides is 1. The molecule has 11 heteroatoms. The number of rotatable bonds is 6. The van der Waals surface area contributed by atoms with Gasteiger partial charge >= 0.3 is 12.1 Å². The van der Waals surface area contributed by atoms with Crippen LogP contribution in [0.15, 0.2) is 37.1 Å². The number of carbonyl (C=O) groups is 1. The van der Waals surface area contributed by atoms with Crippen molar-refractivity contribution in [2.24, 2.45) is 5.73 Å². The molecular formula is C18H17FN8O2. The van der Waals surface area contributed by atoms with Crippen LogP contribution >= 0.6 is 0 Å². The molecule has 4 rings (SSSR count). The van der Waals surface area contributed by atoms with Gasteiger partial charge in [-0.15, -0.1) is 5.10 Å². The largest absolute Gasteiger partial charge is 0.412 e. The molecule has 0 spiro atoms. The normalized spacial score (nSPS) is 11.1. The SMILES string of the molecule is CCCc1c(Cn2ccnc2-c2ncccc2F)ncn2nc(OC(N)=O)nc12. The number of ether oxygens (including phenoxy) is 1. The maximum Gasteiger partial charge on any atom is 0.412 e. The third-order valence-corrected chi connectivity index (χ3v) is 4.25. The van der Waals surface area contributed by atoms with Gasteiger partial charge in [-0.2, -0.15) is 9.50 Å². The molecule has 0 aliphatic rings. The first kappa shape index (κ1) is 18.5. The fourth-order valence-electron chi connectivity index (χ4n) is 3.06. The number of aromatic nitrogens is 7. The van der Waals surface area contributed by atoms with E-state index in [1.165, 1.54) is 29.2 Å². The van der Waals surface area contributed by atoms with E-state index in [0.29, 0.717) is 30.1 Å². The lowest BCUT2D eigenvalue weighted by atomic mass is 10.1. The average Bonchev–Trinajstić information content (AvgIpc) is 3.30. The molecule has 2 N–H and O–H groups in total. The minimum Gasteiger partial charge on any atom is -0.373 e. The monoisotopic (exact) mass is 396 g/mol. The van der Waals surface area contributed by atoms with Crippen molar-refractivity contribution in [2.75, 3.05) is 0 Å². The van der Waals surface area contributed by atoms with Gasteiger partial charge in [-0.1, -0.05) is 13.3 Å². The Labute approximate surface area is 164 Å². The zero-order valence-corrected chi connectivity index (χ0v) is 15.5. The highest BCUT2D eigenvalue weighted by Gasteiger charge is 2.18. The van der Waals surface area contributed by atoms with Gasteiger partial charge in [0.1, 0.15) is 12.0 Å². The number of imidazole rings is 1. The van der Waals surface area contributed by atoms with Gasteiger partial charge in [-0.3, -0.25) is 0 Å². The van der Waals surface area contributed by atoms with E-state index >= 15 is 0 Å². The molecular weight excluding hydrogens is 379 g/mol. The molecule has 0 aliphatic carbocycles. The Morgan fingerprint density at radius 2 is 2.14 bits per heavy atom. The first-order valence-corrected chi connectivity index (χ1v) is 8.89. The number of pyridine rings is 1. The lowest BCUT2D eigenvalue weighted by Gasteiger charge is -2.11. The Balaban J connectivity index is 1.75. The molecule has 10 nitrogen and oxygen atoms in total. The smallest absolute Gasteiger partial charge is 0.373 e. The van der Waals surface area contributed by atoms with Crippen molar-refractivity contribution < 1.29 is 13.9 Å². The standard InChI is InChI=1S/C18H17FN8O2/c1-2-4-11-13(23-10-27-15(11)24-18(25-27)29-17(20)28)9-26-8-7-22-16(26)14-12(19)5-3-6-21-14/h3,5-8,10H,2,4,9H2,1H3,(H2,20,28). The molecule has 29 heavy (non-hydrogen) atoms. The highest BCUT2D eigenvalue weighted by Crippen LogP contribution is 2.22. The summed E-state index contributed by atoms with van der Waals surface area (Å²) in [5.74, 6) is -0.0609. The molecule has 4 heterocycles. The van der Waals surface area contributed by atoms with Crippen LogP contribution in [0.4, 0.5) is 9.18 Å². The fourth-order valence-corrected chi connectivity index (χ4v) is 3.06. The first-order chi connectivity index (χ1) is 14.1. The molecule has 148 valence electrons. The first-order valence-electron chi connectivity index (χ1n) is 8.89. The van der Waals surface area contributed by atoms with Crippen LogP contribution in [-0.2, 0) is 13.0 Å². The number of carbonyl (C=O) groups excluding carboxylic acids is 1. The van der Waals surface area contributed by atoms with E-state index in [-0.39, 0.29) is 11.7 Å². The zero-order chi connectivity index (χ0) is 20.4. The minimum atomic E-state index is -0.994. The number of halogens is 1. The number of primary amides is 1. The number of fused-ring (bicyclic) bond motifs is 1. The summed E-state index contributed by atoms with van der Waals surface area (Å²) in [4.78, 5) is 28.0. The van der Waals surface area contributed by atoms with Crippen molar-refractivity contribution >= 4 is 11.7 Å². The van der Waals surface area contributed by atoms with Crippen LogP contribution in [0.25, 0.3) is 17.2 Å². The van der Waals surface area contributed by atoms with Gasteiger partial charge < -0.3 is 15.0 Å². The van der Waals surface area contributed by atoms with Gasteiger partial charge in [-0.05, 0) is 18.6 Å². The van der Waals surface area contributed by atoms with E-state index in [2.05, 4.69) is 25.0 Å². The molecule has 0 unspecified atom stereocenters. The van der Waals surface area contributed by atoms with Gasteiger partial charge in [-0.25, -0.2) is 24.1 Å². The van der Waals surface area contributed by atoms with Gasteiger partial charge in [0.25, 0.3) is 0 Å². The highest BCUT2D eigenvalue weighted by atomic mass is 19.1. The zero-order valence-electron chi connectivity index (χ0n) is 15.5. The quantitative estimate of drug-likeness (QED) is 0.528. The van der Waals surface area contributed by atoms with Crippen molar-refractivity contribution in [3.05, 3.63) is 54.1 Å². The molecule has 0 fully saturated rings. The molecule has 4 aromatic rings. The third kappa shape index (κ3) is 3.61. The van der Waals surface area contributed by atoms with E-state index in [4.69, 9.17) is 10.5 Å². The van der Waals surface area contributed by atoms with Crippen molar-refractivity contribution in [2.45, 2.75) is 26.3 Å². The van der Waals surface area contributed by atoms with E-state index in [1.54, 1.807) is 17.0 Å². The van der Waals surface area contributed by atoms with E-state index in [9.17, 15) is 9.18 Å². The van der Waals surface area contributed by atoms with Crippen LogP contribution in [-0.4, -0.2) is 40.2 Å². The van der Waals surface area contributed by atoms with Crippen LogP contribution < -0.4 is 10.5 Å². The van der Waals surface area contributed by atoms with Crippen molar-refractivity contribution in [1.82, 2.24) is 34.1 Å². The summed E-state index contributed by atoms with van der Waals surface area (Å²) in [6.07, 6.45) is 6.81. The van der Waals surface area contributed by atoms with Crippen molar-refractivity contribution in [1.29, 1.82) is 0 Å². The summed E-state index contributed by atoms with van der Waals surface area (Å²) < 4.78 is 22.1. The number of nitrogens with zero attached hydrogens (tertiary/aromatic N) is 7. The lowest BCUT2D eigenvalue weighted by Crippen LogP contribution is -2.16. The summed E-state index contributed by atoms with van der Waals surface area (Å²) in [6, 6.07) is 2.72. The number of nitrogens with two attached hydrogens (primary N) is 1. The van der Waals surface area contributed by atoms with Gasteiger partial charge in [0.15, 0.2) is 17.3 Å². The lowest BCUT2D eigenvalue weighted by molar-refractivity contribution is 0.207. The molecule has 0 atom stereocenters. The summed E-state index contributed by atoms with van der Waals surface area (Å²) >= 11 is 0. The molecule has 1 amide bonds. The van der Waals surface area contributed by atoms with Crippen LogP contribution in [0.2, 0.25) is 0 Å². The predicted molar refractivity (Wildman–Crippen MR) is 99.5 cm³/mol. The third-order valence-electron chi connectivity index (χ3n) is 4.25. The highest BCUT2D eigenvalue weighted by molar-refractivity contribution is 5.67. The number of hydrogen-bond donors (Lipinski definition) is 1. The van der Waals surface area contributed by atoms with Gasteiger partial charge in [0.2, 0.25) is 0 Å². The van der Waals surface area contributed by atoms with E-state index in [1.807, 2.05) is 6.92 Å². The van der Waals surface area contributed by atoms with E-state index in [0.717, 1.165) is 12.0 Å². The topological polar surface area (TPSA) is 126 Å². The molecule has 0 aromatic carbocycles. The molecule has 0 radical (unpaired) electrons. The summed E-state index contributed by atoms with van der Waals surface area (Å²) in [5, 5.41) is 4.05. The van der Waals surface area contributed by atoms with E-state index < -0.39 is 11.9 Å². The molecule has 4 aromatic heterocycles. The average molecular weight is 396 g/mol. The number of hydrogen-bond acceptors (Lipinski definition) is 7. The molecule has 0 bridgehead atoms. The second-order valence-corrected chi connectivity index (χ2v) is 6.22. The van der Waals surface area contributed by atoms with Crippen molar-refractivity contribution in [3.8, 4) is 17.5 Å². The molecule has 0 saturated heterocycles. The van der Waals surface area contributed by atoms with Gasteiger partial charge in [0, 0.05) is 24.2 Å². The number of aryl methyl sites for hydroxylation is 1. The summed E-state index contributed by atoms with van der Waals surface area (Å²) in [5.41, 5.74) is 7.26. The Kier molecular flexibility index (Phi) is 4.85. The summed E-state index contributed by atoms with van der Waals surface area (Å²) in [7, 11) is 0. The Hall–Kier alpha value is -3.89. The molecule has 0 saturated carbocycles. The second-order valence-electron chi connectivity index (χ2n) is 6.22. The summed E-state index contributed by atoms with van der Waals surface area (Å²) in [6.45, 7) is 2.35. The van der Waals surface area contributed by atoms with Crippen LogP contribution in [0.3, 0.4) is 0 Å². The maximum absolute atomic E-state index is 14.2. The van der Waals surface area contributed by atoms with Crippen molar-refractivity contribution in [3.63, 3.8) is 0 Å². The van der Waals surface area contributed by atoms with Crippen LogP contribution in [0.5, 0.6) is 6.01 Å². The second kappa shape index (κ2) is 7.62.